The van der Waals surface area contributed by atoms with E-state index in [9.17, 15) is 9.18 Å². The van der Waals surface area contributed by atoms with Crippen LogP contribution in [0, 0.1) is 11.7 Å². The summed E-state index contributed by atoms with van der Waals surface area (Å²) in [5, 5.41) is 3.16. The number of halogens is 2. The third kappa shape index (κ3) is 3.19. The van der Waals surface area contributed by atoms with Crippen LogP contribution in [0.5, 0.6) is 0 Å². The molecule has 0 radical (unpaired) electrons. The number of carbonyl (C=O) groups excluding carboxylic acids is 1. The molecule has 0 saturated heterocycles. The molecule has 1 aromatic carbocycles. The molecule has 1 aliphatic carbocycles. The number of benzene rings is 1. The van der Waals surface area contributed by atoms with E-state index < -0.39 is 5.82 Å². The fraction of sp³-hybridized carbons (Fsp3) is 0.462. The van der Waals surface area contributed by atoms with Crippen molar-refractivity contribution in [2.45, 2.75) is 32.2 Å². The van der Waals surface area contributed by atoms with Crippen LogP contribution in [0.4, 0.5) is 4.39 Å². The molecule has 0 unspecified atom stereocenters. The summed E-state index contributed by atoms with van der Waals surface area (Å²) in [5.74, 6) is -0.0793. The highest BCUT2D eigenvalue weighted by molar-refractivity contribution is 6.31. The van der Waals surface area contributed by atoms with Gasteiger partial charge >= 0.3 is 0 Å². The lowest BCUT2D eigenvalue weighted by atomic mass is 10.1. The van der Waals surface area contributed by atoms with Gasteiger partial charge in [-0.2, -0.15) is 0 Å². The maximum atomic E-state index is 13.1. The third-order valence-corrected chi connectivity index (χ3v) is 3.37. The van der Waals surface area contributed by atoms with Crippen LogP contribution in [0.3, 0.4) is 0 Å². The Morgan fingerprint density at radius 3 is 2.76 bits per heavy atom. The zero-order chi connectivity index (χ0) is 12.4. The SMILES string of the molecule is C[C@@H]1CC[C@H](NC(=O)c2cc(F)cc(Cl)c2)C1. The van der Waals surface area contributed by atoms with Gasteiger partial charge in [-0.05, 0) is 43.4 Å². The second kappa shape index (κ2) is 5.05. The van der Waals surface area contributed by atoms with Crippen molar-refractivity contribution in [2.24, 2.45) is 5.92 Å². The average Bonchev–Trinajstić information content (AvgIpc) is 2.62. The number of carbonyl (C=O) groups is 1. The smallest absolute Gasteiger partial charge is 0.251 e. The maximum absolute atomic E-state index is 13.1. The molecule has 92 valence electrons. The number of rotatable bonds is 2. The zero-order valence-corrected chi connectivity index (χ0v) is 10.4. The molecule has 0 aromatic heterocycles. The molecule has 17 heavy (non-hydrogen) atoms. The van der Waals surface area contributed by atoms with Crippen LogP contribution in [0.25, 0.3) is 0 Å². The van der Waals surface area contributed by atoms with Crippen LogP contribution >= 0.6 is 11.6 Å². The van der Waals surface area contributed by atoms with E-state index in [0.717, 1.165) is 19.3 Å². The summed E-state index contributed by atoms with van der Waals surface area (Å²) < 4.78 is 13.1. The molecule has 0 spiro atoms. The predicted molar refractivity (Wildman–Crippen MR) is 65.7 cm³/mol. The quantitative estimate of drug-likeness (QED) is 0.862. The Bertz CT molecular complexity index is 415. The monoisotopic (exact) mass is 255 g/mol. The van der Waals surface area contributed by atoms with E-state index in [1.807, 2.05) is 0 Å². The minimum absolute atomic E-state index is 0.208. The first kappa shape index (κ1) is 12.4. The van der Waals surface area contributed by atoms with E-state index in [1.54, 1.807) is 0 Å². The Kier molecular flexibility index (Phi) is 3.67. The summed E-state index contributed by atoms with van der Waals surface area (Å²) in [6, 6.07) is 4.09. The summed E-state index contributed by atoms with van der Waals surface area (Å²) in [6.07, 6.45) is 3.12. The first-order chi connectivity index (χ1) is 8.04. The van der Waals surface area contributed by atoms with E-state index in [2.05, 4.69) is 12.2 Å². The highest BCUT2D eigenvalue weighted by Gasteiger charge is 2.23. The fourth-order valence-corrected chi connectivity index (χ4v) is 2.51. The van der Waals surface area contributed by atoms with E-state index in [0.29, 0.717) is 5.92 Å². The Morgan fingerprint density at radius 2 is 2.18 bits per heavy atom. The molecule has 1 aromatic rings. The van der Waals surface area contributed by atoms with Crippen LogP contribution in [-0.4, -0.2) is 11.9 Å². The molecule has 0 bridgehead atoms. The van der Waals surface area contributed by atoms with E-state index in [4.69, 9.17) is 11.6 Å². The number of hydrogen-bond acceptors (Lipinski definition) is 1. The molecule has 0 heterocycles. The summed E-state index contributed by atoms with van der Waals surface area (Å²) in [5.41, 5.74) is 0.287. The summed E-state index contributed by atoms with van der Waals surface area (Å²) in [7, 11) is 0. The van der Waals surface area contributed by atoms with Crippen molar-refractivity contribution in [2.75, 3.05) is 0 Å². The second-order valence-corrected chi connectivity index (χ2v) is 5.18. The van der Waals surface area contributed by atoms with Gasteiger partial charge in [0.1, 0.15) is 5.82 Å². The van der Waals surface area contributed by atoms with Gasteiger partial charge in [-0.3, -0.25) is 4.79 Å². The van der Waals surface area contributed by atoms with Gasteiger partial charge in [0.2, 0.25) is 0 Å². The lowest BCUT2D eigenvalue weighted by Crippen LogP contribution is -2.32. The van der Waals surface area contributed by atoms with Gasteiger partial charge < -0.3 is 5.32 Å². The number of hydrogen-bond donors (Lipinski definition) is 1. The van der Waals surface area contributed by atoms with Crippen LogP contribution < -0.4 is 5.32 Å². The first-order valence-corrected chi connectivity index (χ1v) is 6.19. The van der Waals surface area contributed by atoms with Crippen molar-refractivity contribution in [1.82, 2.24) is 5.32 Å². The van der Waals surface area contributed by atoms with Crippen LogP contribution in [0.2, 0.25) is 5.02 Å². The van der Waals surface area contributed by atoms with E-state index in [-0.39, 0.29) is 22.5 Å². The summed E-state index contributed by atoms with van der Waals surface area (Å²) >= 11 is 5.71. The molecule has 2 nitrogen and oxygen atoms in total. The Morgan fingerprint density at radius 1 is 1.41 bits per heavy atom. The highest BCUT2D eigenvalue weighted by Crippen LogP contribution is 2.25. The molecule has 2 atom stereocenters. The fourth-order valence-electron chi connectivity index (χ4n) is 2.29. The second-order valence-electron chi connectivity index (χ2n) is 4.75. The van der Waals surface area contributed by atoms with E-state index >= 15 is 0 Å². The molecule has 1 N–H and O–H groups in total. The van der Waals surface area contributed by atoms with Gasteiger partial charge in [0.15, 0.2) is 0 Å². The molecule has 1 aliphatic rings. The Hall–Kier alpha value is -1.09. The standard InChI is InChI=1S/C13H15ClFNO/c1-8-2-3-12(4-8)16-13(17)9-5-10(14)7-11(15)6-9/h5-8,12H,2-4H2,1H3,(H,16,17)/t8-,12+/m1/s1. The lowest BCUT2D eigenvalue weighted by molar-refractivity contribution is 0.0937. The normalized spacial score (nSPS) is 23.7. The van der Waals surface area contributed by atoms with Crippen molar-refractivity contribution in [3.8, 4) is 0 Å². The molecule has 1 amide bonds. The zero-order valence-electron chi connectivity index (χ0n) is 9.67. The molecule has 0 aliphatic heterocycles. The minimum atomic E-state index is -0.484. The van der Waals surface area contributed by atoms with Gasteiger partial charge in [-0.1, -0.05) is 18.5 Å². The predicted octanol–water partition coefficient (Wildman–Crippen LogP) is 3.40. The van der Waals surface area contributed by atoms with Crippen LogP contribution in [0.15, 0.2) is 18.2 Å². The highest BCUT2D eigenvalue weighted by atomic mass is 35.5. The third-order valence-electron chi connectivity index (χ3n) is 3.15. The van der Waals surface area contributed by atoms with Crippen molar-refractivity contribution < 1.29 is 9.18 Å². The largest absolute Gasteiger partial charge is 0.349 e. The van der Waals surface area contributed by atoms with Gasteiger partial charge in [-0.15, -0.1) is 0 Å². The summed E-state index contributed by atoms with van der Waals surface area (Å²) in [6.45, 7) is 2.17. The average molecular weight is 256 g/mol. The molecule has 1 fully saturated rings. The molecular weight excluding hydrogens is 241 g/mol. The van der Waals surface area contributed by atoms with Crippen molar-refractivity contribution in [3.63, 3.8) is 0 Å². The number of amides is 1. The summed E-state index contributed by atoms with van der Waals surface area (Å²) in [4.78, 5) is 11.9. The van der Waals surface area contributed by atoms with Gasteiger partial charge in [0, 0.05) is 16.6 Å². The van der Waals surface area contributed by atoms with Gasteiger partial charge in [0.05, 0.1) is 0 Å². The Labute approximate surface area is 105 Å². The van der Waals surface area contributed by atoms with E-state index in [1.165, 1.54) is 18.2 Å². The molecule has 4 heteroatoms. The van der Waals surface area contributed by atoms with Crippen molar-refractivity contribution >= 4 is 17.5 Å². The minimum Gasteiger partial charge on any atom is -0.349 e. The molecule has 1 saturated carbocycles. The van der Waals surface area contributed by atoms with Crippen LogP contribution in [-0.2, 0) is 0 Å². The Balaban J connectivity index is 2.04. The molecule has 2 rings (SSSR count). The number of nitrogens with one attached hydrogen (secondary N) is 1. The van der Waals surface area contributed by atoms with Crippen LogP contribution in [0.1, 0.15) is 36.5 Å². The van der Waals surface area contributed by atoms with Gasteiger partial charge in [0.25, 0.3) is 5.91 Å². The van der Waals surface area contributed by atoms with Gasteiger partial charge in [-0.25, -0.2) is 4.39 Å². The molecular formula is C13H15ClFNO. The lowest BCUT2D eigenvalue weighted by Gasteiger charge is -2.12. The first-order valence-electron chi connectivity index (χ1n) is 5.81. The van der Waals surface area contributed by atoms with Crippen molar-refractivity contribution in [1.29, 1.82) is 0 Å². The topological polar surface area (TPSA) is 29.1 Å². The van der Waals surface area contributed by atoms with Crippen molar-refractivity contribution in [3.05, 3.63) is 34.6 Å². The maximum Gasteiger partial charge on any atom is 0.251 e.